The highest BCUT2D eigenvalue weighted by atomic mass is 35.5. The Morgan fingerprint density at radius 1 is 1.52 bits per heavy atom. The summed E-state index contributed by atoms with van der Waals surface area (Å²) in [5.74, 6) is 0.565. The van der Waals surface area contributed by atoms with Crippen LogP contribution >= 0.6 is 11.6 Å². The number of benzene rings is 1. The molecule has 0 spiro atoms. The van der Waals surface area contributed by atoms with Gasteiger partial charge in [-0.1, -0.05) is 11.6 Å². The molecule has 1 aromatic carbocycles. The summed E-state index contributed by atoms with van der Waals surface area (Å²) in [6.07, 6.45) is 3.50. The van der Waals surface area contributed by atoms with Crippen LogP contribution in [0.4, 0.5) is 0 Å². The van der Waals surface area contributed by atoms with Crippen LogP contribution in [0, 0.1) is 0 Å². The van der Waals surface area contributed by atoms with Crippen molar-refractivity contribution >= 4 is 17.5 Å². The molecule has 21 heavy (non-hydrogen) atoms. The third-order valence-electron chi connectivity index (χ3n) is 4.27. The predicted octanol–water partition coefficient (Wildman–Crippen LogP) is 3.12. The van der Waals surface area contributed by atoms with Gasteiger partial charge in [0.15, 0.2) is 0 Å². The largest absolute Gasteiger partial charge is 0.495 e. The number of nitrogens with zero attached hydrogens (tertiary/aromatic N) is 1. The number of amides is 1. The van der Waals surface area contributed by atoms with E-state index in [1.54, 1.807) is 25.3 Å². The number of aliphatic hydroxyl groups excluding tert-OH is 1. The fourth-order valence-electron chi connectivity index (χ4n) is 3.04. The molecule has 116 valence electrons. The van der Waals surface area contributed by atoms with Crippen molar-refractivity contribution in [1.82, 2.24) is 4.90 Å². The van der Waals surface area contributed by atoms with Crippen molar-refractivity contribution < 1.29 is 14.6 Å². The molecule has 1 aliphatic rings. The number of likely N-dealkylation sites (tertiary alicyclic amines) is 1. The summed E-state index contributed by atoms with van der Waals surface area (Å²) >= 11 is 6.11. The molecule has 0 radical (unpaired) electrons. The molecule has 1 aliphatic heterocycles. The minimum absolute atomic E-state index is 0.00232. The van der Waals surface area contributed by atoms with Gasteiger partial charge in [0.1, 0.15) is 5.75 Å². The van der Waals surface area contributed by atoms with Gasteiger partial charge in [-0.15, -0.1) is 0 Å². The van der Waals surface area contributed by atoms with Crippen LogP contribution in [0.15, 0.2) is 18.2 Å². The number of methoxy groups -OCH3 is 1. The molecule has 1 N–H and O–H groups in total. The molecule has 1 amide bonds. The zero-order chi connectivity index (χ0) is 15.5. The van der Waals surface area contributed by atoms with Crippen LogP contribution in [0.3, 0.4) is 0 Å². The Morgan fingerprint density at radius 3 is 2.90 bits per heavy atom. The van der Waals surface area contributed by atoms with E-state index in [4.69, 9.17) is 21.4 Å². The summed E-state index contributed by atoms with van der Waals surface area (Å²) in [7, 11) is 1.55. The Bertz CT molecular complexity index is 520. The number of carbonyl (C=O) groups excluding carboxylic acids is 1. The lowest BCUT2D eigenvalue weighted by Gasteiger charge is -2.35. The first kappa shape index (κ1) is 16.1. The minimum atomic E-state index is -0.174. The number of rotatable bonds is 5. The Morgan fingerprint density at radius 2 is 2.29 bits per heavy atom. The number of hydrogen-bond donors (Lipinski definition) is 1. The summed E-state index contributed by atoms with van der Waals surface area (Å²) < 4.78 is 5.11. The molecule has 0 bridgehead atoms. The van der Waals surface area contributed by atoms with Crippen molar-refractivity contribution in [2.45, 2.75) is 38.1 Å². The number of halogens is 1. The van der Waals surface area contributed by atoms with Crippen LogP contribution in [-0.4, -0.2) is 41.7 Å². The Hall–Kier alpha value is -1.26. The molecule has 1 fully saturated rings. The second kappa shape index (κ2) is 6.67. The standard InChI is InChI=1S/C16H22ClNO3/c1-16(8-4-10-19)7-3-9-18(16)15(20)12-5-6-14(21-2)13(17)11-12/h5-6,11,19H,3-4,7-10H2,1-2H3. The first-order valence-electron chi connectivity index (χ1n) is 7.28. The first-order chi connectivity index (χ1) is 10.0. The van der Waals surface area contributed by atoms with Crippen LogP contribution in [-0.2, 0) is 0 Å². The molecule has 1 atom stereocenters. The van der Waals surface area contributed by atoms with E-state index in [0.717, 1.165) is 25.8 Å². The second-order valence-corrected chi connectivity index (χ2v) is 6.14. The molecule has 2 rings (SSSR count). The molecule has 1 unspecified atom stereocenters. The van der Waals surface area contributed by atoms with Crippen LogP contribution in [0.1, 0.15) is 43.0 Å². The highest BCUT2D eigenvalue weighted by Crippen LogP contribution is 2.35. The molecule has 5 heteroatoms. The highest BCUT2D eigenvalue weighted by Gasteiger charge is 2.39. The van der Waals surface area contributed by atoms with E-state index in [-0.39, 0.29) is 18.1 Å². The third kappa shape index (κ3) is 3.33. The maximum absolute atomic E-state index is 12.7. The number of hydrogen-bond acceptors (Lipinski definition) is 3. The monoisotopic (exact) mass is 311 g/mol. The van der Waals surface area contributed by atoms with Gasteiger partial charge in [0.25, 0.3) is 5.91 Å². The van der Waals surface area contributed by atoms with E-state index in [1.165, 1.54) is 0 Å². The fraction of sp³-hybridized carbons (Fsp3) is 0.562. The van der Waals surface area contributed by atoms with E-state index >= 15 is 0 Å². The van der Waals surface area contributed by atoms with Gasteiger partial charge in [-0.2, -0.15) is 0 Å². The Kier molecular flexibility index (Phi) is 5.12. The number of aliphatic hydroxyl groups is 1. The molecular formula is C16H22ClNO3. The van der Waals surface area contributed by atoms with E-state index in [1.807, 2.05) is 4.90 Å². The Labute approximate surface area is 130 Å². The van der Waals surface area contributed by atoms with Gasteiger partial charge in [0, 0.05) is 24.3 Å². The summed E-state index contributed by atoms with van der Waals surface area (Å²) in [4.78, 5) is 14.7. The van der Waals surface area contributed by atoms with E-state index < -0.39 is 0 Å². The molecule has 0 saturated carbocycles. The van der Waals surface area contributed by atoms with Gasteiger partial charge in [0.05, 0.1) is 12.1 Å². The zero-order valence-corrected chi connectivity index (χ0v) is 13.3. The van der Waals surface area contributed by atoms with Crippen LogP contribution < -0.4 is 4.74 Å². The first-order valence-corrected chi connectivity index (χ1v) is 7.66. The molecule has 0 aromatic heterocycles. The predicted molar refractivity (Wildman–Crippen MR) is 83.0 cm³/mol. The maximum atomic E-state index is 12.7. The molecular weight excluding hydrogens is 290 g/mol. The number of carbonyl (C=O) groups is 1. The lowest BCUT2D eigenvalue weighted by molar-refractivity contribution is 0.0594. The van der Waals surface area contributed by atoms with Crippen LogP contribution in [0.2, 0.25) is 5.02 Å². The summed E-state index contributed by atoms with van der Waals surface area (Å²) in [5, 5.41) is 9.49. The quantitative estimate of drug-likeness (QED) is 0.909. The van der Waals surface area contributed by atoms with Gasteiger partial charge < -0.3 is 14.7 Å². The summed E-state index contributed by atoms with van der Waals surface area (Å²) in [6.45, 7) is 3.01. The van der Waals surface area contributed by atoms with E-state index in [2.05, 4.69) is 6.92 Å². The van der Waals surface area contributed by atoms with Gasteiger partial charge >= 0.3 is 0 Å². The average Bonchev–Trinajstić information content (AvgIpc) is 2.86. The molecule has 1 heterocycles. The summed E-state index contributed by atoms with van der Waals surface area (Å²) in [6, 6.07) is 5.13. The smallest absolute Gasteiger partial charge is 0.254 e. The SMILES string of the molecule is COc1ccc(C(=O)N2CCCC2(C)CCCO)cc1Cl. The van der Waals surface area contributed by atoms with Gasteiger partial charge in [0.2, 0.25) is 0 Å². The lowest BCUT2D eigenvalue weighted by atomic mass is 9.92. The minimum Gasteiger partial charge on any atom is -0.495 e. The molecule has 0 aliphatic carbocycles. The van der Waals surface area contributed by atoms with Crippen molar-refractivity contribution in [2.24, 2.45) is 0 Å². The normalized spacial score (nSPS) is 21.6. The lowest BCUT2D eigenvalue weighted by Crippen LogP contribution is -2.45. The molecule has 1 saturated heterocycles. The van der Waals surface area contributed by atoms with Gasteiger partial charge in [-0.05, 0) is 50.8 Å². The van der Waals surface area contributed by atoms with E-state index in [9.17, 15) is 4.79 Å². The van der Waals surface area contributed by atoms with Gasteiger partial charge in [-0.25, -0.2) is 0 Å². The highest BCUT2D eigenvalue weighted by molar-refractivity contribution is 6.32. The Balaban J connectivity index is 2.20. The maximum Gasteiger partial charge on any atom is 0.254 e. The average molecular weight is 312 g/mol. The van der Waals surface area contributed by atoms with Crippen molar-refractivity contribution in [1.29, 1.82) is 0 Å². The molecule has 4 nitrogen and oxygen atoms in total. The van der Waals surface area contributed by atoms with Crippen molar-refractivity contribution in [3.8, 4) is 5.75 Å². The fourth-order valence-corrected chi connectivity index (χ4v) is 3.30. The summed E-state index contributed by atoms with van der Waals surface area (Å²) in [5.41, 5.74) is 0.407. The number of ether oxygens (including phenoxy) is 1. The topological polar surface area (TPSA) is 49.8 Å². The second-order valence-electron chi connectivity index (χ2n) is 5.73. The van der Waals surface area contributed by atoms with Crippen molar-refractivity contribution in [3.63, 3.8) is 0 Å². The zero-order valence-electron chi connectivity index (χ0n) is 12.6. The molecule has 1 aromatic rings. The van der Waals surface area contributed by atoms with Crippen molar-refractivity contribution in [3.05, 3.63) is 28.8 Å². The van der Waals surface area contributed by atoms with Crippen LogP contribution in [0.5, 0.6) is 5.75 Å². The van der Waals surface area contributed by atoms with Gasteiger partial charge in [-0.3, -0.25) is 4.79 Å². The van der Waals surface area contributed by atoms with E-state index in [0.29, 0.717) is 22.8 Å². The van der Waals surface area contributed by atoms with Crippen LogP contribution in [0.25, 0.3) is 0 Å². The van der Waals surface area contributed by atoms with Crippen molar-refractivity contribution in [2.75, 3.05) is 20.3 Å². The third-order valence-corrected chi connectivity index (χ3v) is 4.56.